The van der Waals surface area contributed by atoms with Crippen LogP contribution in [0.15, 0.2) is 6.07 Å². The number of carbonyl (C=O) groups excluding carboxylic acids is 1. The monoisotopic (exact) mass is 284 g/mol. The normalized spacial score (nSPS) is 11.8. The number of alkyl halides is 5. The summed E-state index contributed by atoms with van der Waals surface area (Å²) in [6, 6.07) is 0.390. The summed E-state index contributed by atoms with van der Waals surface area (Å²) in [7, 11) is 0.822. The Morgan fingerprint density at radius 1 is 1.47 bits per heavy atom. The molecular formula is C10H9F5N2O2. The molecule has 0 amide bonds. The van der Waals surface area contributed by atoms with Crippen LogP contribution in [0.1, 0.15) is 33.7 Å². The van der Waals surface area contributed by atoms with E-state index < -0.39 is 47.6 Å². The van der Waals surface area contributed by atoms with Gasteiger partial charge in [0.25, 0.3) is 6.43 Å². The lowest BCUT2D eigenvalue weighted by molar-refractivity contribution is -0.138. The molecule has 1 rings (SSSR count). The fourth-order valence-electron chi connectivity index (χ4n) is 1.39. The zero-order chi connectivity index (χ0) is 14.8. The maximum Gasteiger partial charge on any atom is 0.418 e. The molecule has 0 aromatic carbocycles. The predicted octanol–water partition coefficient (Wildman–Crippen LogP) is 2.28. The Kier molecular flexibility index (Phi) is 4.40. The third-order valence-electron chi connectivity index (χ3n) is 2.25. The SMILES string of the molecule is COC(=O)c1nc(C(F)F)c(CN)cc1C(F)(F)F. The highest BCUT2D eigenvalue weighted by Crippen LogP contribution is 2.34. The van der Waals surface area contributed by atoms with Gasteiger partial charge >= 0.3 is 12.1 Å². The lowest BCUT2D eigenvalue weighted by Crippen LogP contribution is -2.19. The summed E-state index contributed by atoms with van der Waals surface area (Å²) in [6.07, 6.45) is -8.08. The van der Waals surface area contributed by atoms with Crippen molar-refractivity contribution in [3.63, 3.8) is 0 Å². The Balaban J connectivity index is 3.58. The molecule has 1 aromatic heterocycles. The molecule has 0 bridgehead atoms. The van der Waals surface area contributed by atoms with Crippen LogP contribution in [0.3, 0.4) is 0 Å². The zero-order valence-corrected chi connectivity index (χ0v) is 9.59. The molecule has 0 aliphatic heterocycles. The third-order valence-corrected chi connectivity index (χ3v) is 2.25. The summed E-state index contributed by atoms with van der Waals surface area (Å²) in [5.41, 5.74) is 1.00. The van der Waals surface area contributed by atoms with Gasteiger partial charge in [0.1, 0.15) is 5.69 Å². The van der Waals surface area contributed by atoms with Gasteiger partial charge in [-0.3, -0.25) is 0 Å². The zero-order valence-electron chi connectivity index (χ0n) is 9.59. The molecule has 0 fully saturated rings. The van der Waals surface area contributed by atoms with E-state index in [4.69, 9.17) is 5.73 Å². The number of methoxy groups -OCH3 is 1. The Morgan fingerprint density at radius 3 is 2.42 bits per heavy atom. The summed E-state index contributed by atoms with van der Waals surface area (Å²) in [5, 5.41) is 0. The van der Waals surface area contributed by atoms with E-state index in [1.807, 2.05) is 0 Å². The number of aromatic nitrogens is 1. The van der Waals surface area contributed by atoms with Crippen molar-refractivity contribution in [3.8, 4) is 0 Å². The second-order valence-electron chi connectivity index (χ2n) is 3.42. The lowest BCUT2D eigenvalue weighted by atomic mass is 10.1. The molecule has 19 heavy (non-hydrogen) atoms. The molecular weight excluding hydrogens is 275 g/mol. The molecule has 106 valence electrons. The minimum Gasteiger partial charge on any atom is -0.464 e. The van der Waals surface area contributed by atoms with Crippen molar-refractivity contribution in [2.45, 2.75) is 19.1 Å². The average molecular weight is 284 g/mol. The van der Waals surface area contributed by atoms with E-state index >= 15 is 0 Å². The van der Waals surface area contributed by atoms with Gasteiger partial charge in [0.05, 0.1) is 12.7 Å². The summed E-state index contributed by atoms with van der Waals surface area (Å²) in [4.78, 5) is 14.3. The minimum absolute atomic E-state index is 0.390. The van der Waals surface area contributed by atoms with Gasteiger partial charge in [-0.15, -0.1) is 0 Å². The van der Waals surface area contributed by atoms with Crippen molar-refractivity contribution in [3.05, 3.63) is 28.6 Å². The predicted molar refractivity (Wildman–Crippen MR) is 53.4 cm³/mol. The molecule has 0 saturated heterocycles. The van der Waals surface area contributed by atoms with Gasteiger partial charge in [0.15, 0.2) is 5.69 Å². The molecule has 0 aliphatic rings. The number of nitrogens with zero attached hydrogens (tertiary/aromatic N) is 1. The van der Waals surface area contributed by atoms with Crippen LogP contribution in [-0.4, -0.2) is 18.1 Å². The maximum absolute atomic E-state index is 12.7. The van der Waals surface area contributed by atoms with E-state index in [0.29, 0.717) is 6.07 Å². The van der Waals surface area contributed by atoms with E-state index in [9.17, 15) is 26.7 Å². The van der Waals surface area contributed by atoms with Gasteiger partial charge in [-0.25, -0.2) is 18.6 Å². The summed E-state index contributed by atoms with van der Waals surface area (Å²) >= 11 is 0. The van der Waals surface area contributed by atoms with E-state index in [1.54, 1.807) is 0 Å². The van der Waals surface area contributed by atoms with Crippen molar-refractivity contribution < 1.29 is 31.5 Å². The van der Waals surface area contributed by atoms with E-state index in [-0.39, 0.29) is 0 Å². The first-order valence-electron chi connectivity index (χ1n) is 4.89. The number of pyridine rings is 1. The summed E-state index contributed by atoms with van der Waals surface area (Å²) in [6.45, 7) is -0.558. The van der Waals surface area contributed by atoms with Crippen LogP contribution in [0.25, 0.3) is 0 Å². The van der Waals surface area contributed by atoms with Crippen LogP contribution in [0.2, 0.25) is 0 Å². The highest BCUT2D eigenvalue weighted by molar-refractivity contribution is 5.89. The Labute approximate surface area is 104 Å². The molecule has 0 atom stereocenters. The topological polar surface area (TPSA) is 65.2 Å². The molecule has 0 spiro atoms. The van der Waals surface area contributed by atoms with Crippen molar-refractivity contribution in [2.75, 3.05) is 7.11 Å². The Hall–Kier alpha value is -1.77. The van der Waals surface area contributed by atoms with Crippen LogP contribution >= 0.6 is 0 Å². The first kappa shape index (κ1) is 15.3. The van der Waals surface area contributed by atoms with Gasteiger partial charge in [-0.1, -0.05) is 0 Å². The lowest BCUT2D eigenvalue weighted by Gasteiger charge is -2.15. The Bertz CT molecular complexity index is 488. The molecule has 0 aliphatic carbocycles. The highest BCUT2D eigenvalue weighted by Gasteiger charge is 2.38. The fraction of sp³-hybridized carbons (Fsp3) is 0.400. The molecule has 0 radical (unpaired) electrons. The van der Waals surface area contributed by atoms with Crippen molar-refractivity contribution in [1.82, 2.24) is 4.98 Å². The molecule has 4 nitrogen and oxygen atoms in total. The number of hydrogen-bond donors (Lipinski definition) is 1. The molecule has 0 unspecified atom stereocenters. The van der Waals surface area contributed by atoms with Gasteiger partial charge in [-0.2, -0.15) is 13.2 Å². The first-order valence-corrected chi connectivity index (χ1v) is 4.89. The quantitative estimate of drug-likeness (QED) is 0.683. The van der Waals surface area contributed by atoms with E-state index in [2.05, 4.69) is 9.72 Å². The fourth-order valence-corrected chi connectivity index (χ4v) is 1.39. The van der Waals surface area contributed by atoms with E-state index in [1.165, 1.54) is 0 Å². The van der Waals surface area contributed by atoms with Gasteiger partial charge in [0, 0.05) is 6.54 Å². The number of ether oxygens (including phenoxy) is 1. The maximum atomic E-state index is 12.7. The molecule has 1 heterocycles. The second kappa shape index (κ2) is 5.47. The first-order chi connectivity index (χ1) is 8.72. The number of nitrogens with two attached hydrogens (primary N) is 1. The number of halogens is 5. The highest BCUT2D eigenvalue weighted by atomic mass is 19.4. The number of esters is 1. The van der Waals surface area contributed by atoms with Crippen LogP contribution in [0.4, 0.5) is 22.0 Å². The number of hydrogen-bond acceptors (Lipinski definition) is 4. The molecule has 9 heteroatoms. The number of carbonyl (C=O) groups is 1. The average Bonchev–Trinajstić information content (AvgIpc) is 2.34. The molecule has 1 aromatic rings. The third kappa shape index (κ3) is 3.16. The molecule has 0 saturated carbocycles. The van der Waals surface area contributed by atoms with E-state index in [0.717, 1.165) is 7.11 Å². The van der Waals surface area contributed by atoms with Crippen molar-refractivity contribution >= 4 is 5.97 Å². The second-order valence-corrected chi connectivity index (χ2v) is 3.42. The summed E-state index contributed by atoms with van der Waals surface area (Å²) in [5.74, 6) is -1.45. The van der Waals surface area contributed by atoms with Gasteiger partial charge in [-0.05, 0) is 11.6 Å². The summed E-state index contributed by atoms with van der Waals surface area (Å²) < 4.78 is 67.5. The minimum atomic E-state index is -4.93. The standard InChI is InChI=1S/C10H9F5N2O2/c1-19-9(18)7-5(10(13,14)15)2-4(3-16)6(17-7)8(11)12/h2,8H,3,16H2,1H3. The van der Waals surface area contributed by atoms with Crippen molar-refractivity contribution in [2.24, 2.45) is 5.73 Å². The molecule has 2 N–H and O–H groups in total. The smallest absolute Gasteiger partial charge is 0.418 e. The Morgan fingerprint density at radius 2 is 2.05 bits per heavy atom. The van der Waals surface area contributed by atoms with Gasteiger partial charge in [0.2, 0.25) is 0 Å². The largest absolute Gasteiger partial charge is 0.464 e. The van der Waals surface area contributed by atoms with Crippen LogP contribution in [0, 0.1) is 0 Å². The van der Waals surface area contributed by atoms with Gasteiger partial charge < -0.3 is 10.5 Å². The number of rotatable bonds is 3. The van der Waals surface area contributed by atoms with Crippen LogP contribution < -0.4 is 5.73 Å². The van der Waals surface area contributed by atoms with Crippen LogP contribution in [0.5, 0.6) is 0 Å². The van der Waals surface area contributed by atoms with Crippen LogP contribution in [-0.2, 0) is 17.5 Å². The van der Waals surface area contributed by atoms with Crippen molar-refractivity contribution in [1.29, 1.82) is 0 Å².